The van der Waals surface area contributed by atoms with Crippen LogP contribution in [0, 0.1) is 23.2 Å². The molecule has 2 N–H and O–H groups in total. The van der Waals surface area contributed by atoms with Crippen LogP contribution in [0.25, 0.3) is 0 Å². The van der Waals surface area contributed by atoms with Gasteiger partial charge >= 0.3 is 0 Å². The van der Waals surface area contributed by atoms with Gasteiger partial charge in [0.15, 0.2) is 0 Å². The maximum absolute atomic E-state index is 3.68. The van der Waals surface area contributed by atoms with Gasteiger partial charge in [-0.2, -0.15) is 0 Å². The lowest BCUT2D eigenvalue weighted by atomic mass is 9.75. The van der Waals surface area contributed by atoms with E-state index in [1.165, 1.54) is 25.9 Å². The van der Waals surface area contributed by atoms with E-state index in [-0.39, 0.29) is 0 Å². The number of hydrogen-bond acceptors (Lipinski definition) is 2. The van der Waals surface area contributed by atoms with E-state index in [1.54, 1.807) is 0 Å². The van der Waals surface area contributed by atoms with Crippen LogP contribution in [-0.2, 0) is 0 Å². The van der Waals surface area contributed by atoms with E-state index >= 15 is 0 Å². The van der Waals surface area contributed by atoms with Crippen LogP contribution in [-0.4, -0.2) is 26.2 Å². The zero-order chi connectivity index (χ0) is 12.9. The Balaban J connectivity index is 2.28. The summed E-state index contributed by atoms with van der Waals surface area (Å²) >= 11 is 0. The minimum atomic E-state index is 0.421. The van der Waals surface area contributed by atoms with Gasteiger partial charge in [0, 0.05) is 6.54 Å². The number of piperidine rings is 1. The molecule has 1 aliphatic rings. The highest BCUT2D eigenvalue weighted by Gasteiger charge is 2.30. The van der Waals surface area contributed by atoms with Crippen molar-refractivity contribution in [2.24, 2.45) is 23.2 Å². The summed E-state index contributed by atoms with van der Waals surface area (Å²) in [4.78, 5) is 0. The predicted molar refractivity (Wildman–Crippen MR) is 76.2 cm³/mol. The molecular formula is C15H32N2. The zero-order valence-corrected chi connectivity index (χ0v) is 12.5. The summed E-state index contributed by atoms with van der Waals surface area (Å²) in [7, 11) is 0. The Labute approximate surface area is 108 Å². The van der Waals surface area contributed by atoms with E-state index in [9.17, 15) is 0 Å². The molecule has 0 aromatic rings. The summed E-state index contributed by atoms with van der Waals surface area (Å²) in [5.74, 6) is 2.38. The van der Waals surface area contributed by atoms with Gasteiger partial charge in [-0.05, 0) is 55.6 Å². The normalized spacial score (nSPS) is 24.0. The van der Waals surface area contributed by atoms with E-state index in [1.807, 2.05) is 0 Å². The minimum Gasteiger partial charge on any atom is -0.316 e. The predicted octanol–water partition coefficient (Wildman–Crippen LogP) is 2.89. The van der Waals surface area contributed by atoms with Crippen LogP contribution in [0.15, 0.2) is 0 Å². The van der Waals surface area contributed by atoms with Crippen LogP contribution in [0.2, 0.25) is 0 Å². The summed E-state index contributed by atoms with van der Waals surface area (Å²) in [6, 6.07) is 0. The lowest BCUT2D eigenvalue weighted by Gasteiger charge is -2.38. The fraction of sp³-hybridized carbons (Fsp3) is 1.00. The average molecular weight is 240 g/mol. The van der Waals surface area contributed by atoms with E-state index in [0.717, 1.165) is 30.8 Å². The third kappa shape index (κ3) is 4.97. The molecule has 0 bridgehead atoms. The summed E-state index contributed by atoms with van der Waals surface area (Å²) < 4.78 is 0. The molecule has 0 aromatic carbocycles. The first-order valence-electron chi connectivity index (χ1n) is 7.35. The quantitative estimate of drug-likeness (QED) is 0.746. The molecule has 2 nitrogen and oxygen atoms in total. The second kappa shape index (κ2) is 6.75. The smallest absolute Gasteiger partial charge is 0.000576 e. The van der Waals surface area contributed by atoms with E-state index < -0.39 is 0 Å². The average Bonchev–Trinajstić information content (AvgIpc) is 2.29. The highest BCUT2D eigenvalue weighted by molar-refractivity contribution is 4.84. The lowest BCUT2D eigenvalue weighted by Crippen LogP contribution is -2.44. The van der Waals surface area contributed by atoms with Crippen molar-refractivity contribution in [3.63, 3.8) is 0 Å². The standard InChI is InChI=1S/C15H32N2/c1-12(2)13(3)9-17-11-15(4,5)14-7-6-8-16-10-14/h12-14,16-17H,6-11H2,1-5H3. The second-order valence-corrected chi connectivity index (χ2v) is 6.88. The fourth-order valence-electron chi connectivity index (χ4n) is 2.52. The van der Waals surface area contributed by atoms with E-state index in [0.29, 0.717) is 5.41 Å². The number of hydrogen-bond donors (Lipinski definition) is 2. The van der Waals surface area contributed by atoms with Gasteiger partial charge < -0.3 is 10.6 Å². The van der Waals surface area contributed by atoms with Crippen LogP contribution in [0.4, 0.5) is 0 Å². The SMILES string of the molecule is CC(C)C(C)CNCC(C)(C)C1CCCNC1. The molecule has 1 aliphatic heterocycles. The van der Waals surface area contributed by atoms with Gasteiger partial charge in [0.05, 0.1) is 0 Å². The van der Waals surface area contributed by atoms with Crippen molar-refractivity contribution in [2.45, 2.75) is 47.5 Å². The van der Waals surface area contributed by atoms with Gasteiger partial charge in [0.1, 0.15) is 0 Å². The molecule has 0 saturated carbocycles. The molecule has 1 fully saturated rings. The topological polar surface area (TPSA) is 24.1 Å². The third-order valence-corrected chi connectivity index (χ3v) is 4.59. The Morgan fingerprint density at radius 3 is 2.53 bits per heavy atom. The van der Waals surface area contributed by atoms with Gasteiger partial charge in [-0.3, -0.25) is 0 Å². The molecule has 102 valence electrons. The Bertz CT molecular complexity index is 205. The Kier molecular flexibility index (Phi) is 5.94. The molecule has 2 unspecified atom stereocenters. The molecule has 1 heterocycles. The van der Waals surface area contributed by atoms with E-state index in [4.69, 9.17) is 0 Å². The molecule has 2 atom stereocenters. The van der Waals surface area contributed by atoms with Crippen LogP contribution < -0.4 is 10.6 Å². The van der Waals surface area contributed by atoms with Gasteiger partial charge in [-0.1, -0.05) is 34.6 Å². The molecule has 0 aromatic heterocycles. The first kappa shape index (κ1) is 15.0. The van der Waals surface area contributed by atoms with Crippen molar-refractivity contribution in [2.75, 3.05) is 26.2 Å². The molecule has 1 saturated heterocycles. The largest absolute Gasteiger partial charge is 0.316 e. The van der Waals surface area contributed by atoms with Gasteiger partial charge in [-0.25, -0.2) is 0 Å². The number of rotatable bonds is 6. The lowest BCUT2D eigenvalue weighted by molar-refractivity contribution is 0.163. The molecule has 0 radical (unpaired) electrons. The third-order valence-electron chi connectivity index (χ3n) is 4.59. The van der Waals surface area contributed by atoms with Crippen molar-refractivity contribution in [1.82, 2.24) is 10.6 Å². The van der Waals surface area contributed by atoms with Crippen LogP contribution in [0.1, 0.15) is 47.5 Å². The van der Waals surface area contributed by atoms with Crippen molar-refractivity contribution >= 4 is 0 Å². The molecule has 17 heavy (non-hydrogen) atoms. The highest BCUT2D eigenvalue weighted by atomic mass is 14.9. The monoisotopic (exact) mass is 240 g/mol. The molecule has 0 spiro atoms. The maximum Gasteiger partial charge on any atom is 0.000576 e. The molecule has 1 rings (SSSR count). The Morgan fingerprint density at radius 1 is 1.29 bits per heavy atom. The van der Waals surface area contributed by atoms with Crippen LogP contribution >= 0.6 is 0 Å². The minimum absolute atomic E-state index is 0.421. The van der Waals surface area contributed by atoms with Crippen LogP contribution in [0.3, 0.4) is 0 Å². The Morgan fingerprint density at radius 2 is 2.00 bits per heavy atom. The fourth-order valence-corrected chi connectivity index (χ4v) is 2.52. The first-order valence-corrected chi connectivity index (χ1v) is 7.35. The van der Waals surface area contributed by atoms with Gasteiger partial charge in [0.25, 0.3) is 0 Å². The van der Waals surface area contributed by atoms with Crippen molar-refractivity contribution < 1.29 is 0 Å². The maximum atomic E-state index is 3.68. The Hall–Kier alpha value is -0.0800. The molecule has 2 heteroatoms. The summed E-state index contributed by atoms with van der Waals surface area (Å²) in [6.07, 6.45) is 2.73. The number of nitrogens with one attached hydrogen (secondary N) is 2. The summed E-state index contributed by atoms with van der Waals surface area (Å²) in [5.41, 5.74) is 0.421. The van der Waals surface area contributed by atoms with Crippen molar-refractivity contribution in [3.8, 4) is 0 Å². The van der Waals surface area contributed by atoms with E-state index in [2.05, 4.69) is 45.3 Å². The summed E-state index contributed by atoms with van der Waals surface area (Å²) in [5, 5.41) is 7.21. The van der Waals surface area contributed by atoms with Gasteiger partial charge in [-0.15, -0.1) is 0 Å². The van der Waals surface area contributed by atoms with Gasteiger partial charge in [0.2, 0.25) is 0 Å². The van der Waals surface area contributed by atoms with Crippen molar-refractivity contribution in [3.05, 3.63) is 0 Å². The van der Waals surface area contributed by atoms with Crippen molar-refractivity contribution in [1.29, 1.82) is 0 Å². The molecule has 0 aliphatic carbocycles. The molecule has 0 amide bonds. The molecular weight excluding hydrogens is 208 g/mol. The summed E-state index contributed by atoms with van der Waals surface area (Å²) in [6.45, 7) is 16.5. The second-order valence-electron chi connectivity index (χ2n) is 6.88. The van der Waals surface area contributed by atoms with Crippen LogP contribution in [0.5, 0.6) is 0 Å². The first-order chi connectivity index (χ1) is 7.93. The highest BCUT2D eigenvalue weighted by Crippen LogP contribution is 2.31. The zero-order valence-electron chi connectivity index (χ0n) is 12.5.